The van der Waals surface area contributed by atoms with E-state index in [1.165, 1.54) is 0 Å². The number of unbranched alkanes of at least 4 members (excludes halogenated alkanes) is 2. The third-order valence-corrected chi connectivity index (χ3v) is 1.79. The Balaban J connectivity index is 2.95. The summed E-state index contributed by atoms with van der Waals surface area (Å²) in [4.78, 5) is 10.6. The van der Waals surface area contributed by atoms with Crippen LogP contribution in [0.2, 0.25) is 0 Å². The molecule has 0 aliphatic heterocycles. The molecular weight excluding hydrogens is 210 g/mol. The monoisotopic (exact) mass is 223 g/mol. The topological polar surface area (TPSA) is 49.3 Å². The molecule has 2 N–H and O–H groups in total. The van der Waals surface area contributed by atoms with E-state index in [-0.39, 0.29) is 12.5 Å². The lowest BCUT2D eigenvalue weighted by Crippen LogP contribution is -2.25. The highest BCUT2D eigenvalue weighted by Gasteiger charge is 1.94. The predicted octanol–water partition coefficient (Wildman–Crippen LogP) is 0.660. The van der Waals surface area contributed by atoms with Gasteiger partial charge in [-0.3, -0.25) is 4.79 Å². The third kappa shape index (κ3) is 7.81. The zero-order valence-corrected chi connectivity index (χ0v) is 8.06. The van der Waals surface area contributed by atoms with Crippen LogP contribution in [0.1, 0.15) is 19.3 Å². The molecule has 11 heavy (non-hydrogen) atoms. The molecule has 0 aliphatic carbocycles. The Morgan fingerprint density at radius 1 is 1.36 bits per heavy atom. The van der Waals surface area contributed by atoms with Crippen molar-refractivity contribution in [2.45, 2.75) is 19.3 Å². The second-order valence-electron chi connectivity index (χ2n) is 2.27. The highest BCUT2D eigenvalue weighted by Crippen LogP contribution is 1.91. The van der Waals surface area contributed by atoms with Gasteiger partial charge >= 0.3 is 0 Å². The zero-order valence-electron chi connectivity index (χ0n) is 6.48. The molecule has 66 valence electrons. The van der Waals surface area contributed by atoms with Crippen molar-refractivity contribution in [2.75, 3.05) is 18.5 Å². The van der Waals surface area contributed by atoms with E-state index in [1.54, 1.807) is 0 Å². The Hall–Kier alpha value is -0.0900. The van der Waals surface area contributed by atoms with Crippen LogP contribution in [-0.4, -0.2) is 29.5 Å². The molecule has 0 saturated carbocycles. The number of halogens is 1. The summed E-state index contributed by atoms with van der Waals surface area (Å²) in [6.45, 7) is 0.955. The number of nitrogens with one attached hydrogen (secondary N) is 1. The SMILES string of the molecule is O=C(CBr)NCCCCCO. The van der Waals surface area contributed by atoms with Crippen molar-refractivity contribution in [2.24, 2.45) is 0 Å². The maximum absolute atomic E-state index is 10.6. The number of hydrogen-bond acceptors (Lipinski definition) is 2. The number of amides is 1. The summed E-state index contributed by atoms with van der Waals surface area (Å²) in [6, 6.07) is 0. The first-order chi connectivity index (χ1) is 5.31. The lowest BCUT2D eigenvalue weighted by atomic mass is 10.2. The number of alkyl halides is 1. The van der Waals surface area contributed by atoms with Gasteiger partial charge < -0.3 is 10.4 Å². The molecule has 0 rings (SSSR count). The fraction of sp³-hybridized carbons (Fsp3) is 0.857. The van der Waals surface area contributed by atoms with Gasteiger partial charge in [0, 0.05) is 13.2 Å². The van der Waals surface area contributed by atoms with Gasteiger partial charge in [0.25, 0.3) is 0 Å². The van der Waals surface area contributed by atoms with Crippen molar-refractivity contribution >= 4 is 21.8 Å². The standard InChI is InChI=1S/C7H14BrNO2/c8-6-7(11)9-4-2-1-3-5-10/h10H,1-6H2,(H,9,11). The van der Waals surface area contributed by atoms with Crippen molar-refractivity contribution in [1.29, 1.82) is 0 Å². The minimum Gasteiger partial charge on any atom is -0.396 e. The van der Waals surface area contributed by atoms with Crippen LogP contribution < -0.4 is 5.32 Å². The summed E-state index contributed by atoms with van der Waals surface area (Å²) in [6.07, 6.45) is 2.74. The van der Waals surface area contributed by atoms with Crippen LogP contribution in [0.5, 0.6) is 0 Å². The average Bonchev–Trinajstić information content (AvgIpc) is 2.04. The van der Waals surface area contributed by atoms with Gasteiger partial charge in [-0.05, 0) is 19.3 Å². The molecule has 0 saturated heterocycles. The van der Waals surface area contributed by atoms with Crippen molar-refractivity contribution in [3.05, 3.63) is 0 Å². The summed E-state index contributed by atoms with van der Waals surface area (Å²) >= 11 is 3.05. The van der Waals surface area contributed by atoms with E-state index in [1.807, 2.05) is 0 Å². The van der Waals surface area contributed by atoms with E-state index in [0.717, 1.165) is 19.3 Å². The van der Waals surface area contributed by atoms with Crippen molar-refractivity contribution < 1.29 is 9.90 Å². The average molecular weight is 224 g/mol. The van der Waals surface area contributed by atoms with Crippen molar-refractivity contribution in [1.82, 2.24) is 5.32 Å². The lowest BCUT2D eigenvalue weighted by Gasteiger charge is -2.00. The van der Waals surface area contributed by atoms with Gasteiger partial charge in [-0.25, -0.2) is 0 Å². The molecule has 0 atom stereocenters. The fourth-order valence-corrected chi connectivity index (χ4v) is 0.887. The Morgan fingerprint density at radius 2 is 2.09 bits per heavy atom. The molecule has 0 aromatic carbocycles. The van der Waals surface area contributed by atoms with E-state index < -0.39 is 0 Å². The van der Waals surface area contributed by atoms with E-state index in [4.69, 9.17) is 5.11 Å². The van der Waals surface area contributed by atoms with E-state index in [2.05, 4.69) is 21.2 Å². The minimum absolute atomic E-state index is 0.0222. The Bertz CT molecular complexity index is 109. The van der Waals surface area contributed by atoms with Gasteiger partial charge in [0.2, 0.25) is 5.91 Å². The van der Waals surface area contributed by atoms with E-state index in [0.29, 0.717) is 11.9 Å². The summed E-state index contributed by atoms with van der Waals surface area (Å²) in [5, 5.41) is 11.5. The minimum atomic E-state index is 0.0222. The van der Waals surface area contributed by atoms with Crippen LogP contribution in [-0.2, 0) is 4.79 Å². The molecular formula is C7H14BrNO2. The highest BCUT2D eigenvalue weighted by atomic mass is 79.9. The van der Waals surface area contributed by atoms with Crippen molar-refractivity contribution in [3.63, 3.8) is 0 Å². The molecule has 0 fully saturated rings. The number of hydrogen-bond donors (Lipinski definition) is 2. The fourth-order valence-electron chi connectivity index (χ4n) is 0.689. The highest BCUT2D eigenvalue weighted by molar-refractivity contribution is 9.09. The van der Waals surface area contributed by atoms with Crippen LogP contribution in [0.3, 0.4) is 0 Å². The number of rotatable bonds is 6. The number of carbonyl (C=O) groups is 1. The van der Waals surface area contributed by atoms with E-state index in [9.17, 15) is 4.79 Å². The largest absolute Gasteiger partial charge is 0.396 e. The number of aliphatic hydroxyl groups excluding tert-OH is 1. The smallest absolute Gasteiger partial charge is 0.230 e. The van der Waals surface area contributed by atoms with Gasteiger partial charge in [0.1, 0.15) is 0 Å². The molecule has 4 heteroatoms. The summed E-state index contributed by atoms with van der Waals surface area (Å²) in [7, 11) is 0. The van der Waals surface area contributed by atoms with Crippen LogP contribution in [0.25, 0.3) is 0 Å². The molecule has 0 unspecified atom stereocenters. The second kappa shape index (κ2) is 8.01. The zero-order chi connectivity index (χ0) is 8.53. The molecule has 0 heterocycles. The molecule has 0 aromatic heterocycles. The first-order valence-corrected chi connectivity index (χ1v) is 4.87. The molecule has 0 spiro atoms. The van der Waals surface area contributed by atoms with E-state index >= 15 is 0 Å². The number of carbonyl (C=O) groups excluding carboxylic acids is 1. The summed E-state index contributed by atoms with van der Waals surface area (Å²) in [5.41, 5.74) is 0. The van der Waals surface area contributed by atoms with Gasteiger partial charge in [-0.1, -0.05) is 15.9 Å². The Morgan fingerprint density at radius 3 is 2.64 bits per heavy atom. The maximum atomic E-state index is 10.6. The first kappa shape index (κ1) is 10.9. The van der Waals surface area contributed by atoms with Crippen LogP contribution in [0.15, 0.2) is 0 Å². The Kier molecular flexibility index (Phi) is 7.95. The Labute approximate surface area is 75.3 Å². The van der Waals surface area contributed by atoms with Crippen molar-refractivity contribution in [3.8, 4) is 0 Å². The lowest BCUT2D eigenvalue weighted by molar-refractivity contribution is -0.118. The first-order valence-electron chi connectivity index (χ1n) is 3.74. The molecule has 3 nitrogen and oxygen atoms in total. The van der Waals surface area contributed by atoms with Gasteiger partial charge in [-0.2, -0.15) is 0 Å². The second-order valence-corrected chi connectivity index (χ2v) is 2.83. The predicted molar refractivity (Wildman–Crippen MR) is 47.7 cm³/mol. The van der Waals surface area contributed by atoms with Gasteiger partial charge in [-0.15, -0.1) is 0 Å². The maximum Gasteiger partial charge on any atom is 0.230 e. The number of aliphatic hydroxyl groups is 1. The normalized spacial score (nSPS) is 9.64. The molecule has 1 amide bonds. The third-order valence-electron chi connectivity index (χ3n) is 1.28. The summed E-state index contributed by atoms with van der Waals surface area (Å²) < 4.78 is 0. The molecule has 0 aromatic rings. The van der Waals surface area contributed by atoms with Gasteiger partial charge in [0.15, 0.2) is 0 Å². The van der Waals surface area contributed by atoms with Crippen LogP contribution >= 0.6 is 15.9 Å². The van der Waals surface area contributed by atoms with Gasteiger partial charge in [0.05, 0.1) is 5.33 Å². The molecule has 0 radical (unpaired) electrons. The quantitative estimate of drug-likeness (QED) is 0.514. The van der Waals surface area contributed by atoms with Crippen LogP contribution in [0, 0.1) is 0 Å². The summed E-state index contributed by atoms with van der Waals surface area (Å²) in [5.74, 6) is 0.0222. The molecule has 0 bridgehead atoms. The molecule has 0 aliphatic rings. The van der Waals surface area contributed by atoms with Crippen LogP contribution in [0.4, 0.5) is 0 Å².